The van der Waals surface area contributed by atoms with Gasteiger partial charge in [-0.25, -0.2) is 0 Å². The summed E-state index contributed by atoms with van der Waals surface area (Å²) in [7, 11) is 2.27. The zero-order valence-corrected chi connectivity index (χ0v) is 18.9. The molecule has 3 N–H and O–H groups in total. The molecule has 1 saturated heterocycles. The van der Waals surface area contributed by atoms with Gasteiger partial charge in [0.1, 0.15) is 18.2 Å². The van der Waals surface area contributed by atoms with Crippen molar-refractivity contribution < 1.29 is 34.4 Å². The summed E-state index contributed by atoms with van der Waals surface area (Å²) in [6.45, 7) is 2.04. The number of nitrogens with zero attached hydrogens (tertiary/aromatic N) is 2. The number of hydrazone groups is 1. The van der Waals surface area contributed by atoms with Gasteiger partial charge in [-0.15, -0.1) is 4.68 Å². The molecular weight excluding hydrogens is 423 g/mol. The van der Waals surface area contributed by atoms with Crippen LogP contribution in [0.4, 0.5) is 0 Å². The lowest BCUT2D eigenvalue weighted by molar-refractivity contribution is -0.879. The molecule has 0 bridgehead atoms. The quantitative estimate of drug-likeness (QED) is 0.363. The van der Waals surface area contributed by atoms with Crippen molar-refractivity contribution in [1.82, 2.24) is 0 Å². The van der Waals surface area contributed by atoms with Crippen LogP contribution in [0.15, 0.2) is 71.3 Å². The maximum absolute atomic E-state index is 6.37. The lowest BCUT2D eigenvalue weighted by Crippen LogP contribution is -3.11. The third-order valence-electron chi connectivity index (χ3n) is 5.32. The molecule has 2 aromatic carbocycles. The molecule has 2 heterocycles. The van der Waals surface area contributed by atoms with Gasteiger partial charge < -0.3 is 29.7 Å². The number of nitrogens with one attached hydrogen (secondary N) is 1. The van der Waals surface area contributed by atoms with Crippen molar-refractivity contribution >= 4 is 28.7 Å². The molecule has 0 radical (unpaired) electrons. The summed E-state index contributed by atoms with van der Waals surface area (Å²) in [4.78, 5) is 1.51. The minimum absolute atomic E-state index is 0. The Bertz CT molecular complexity index is 913. The summed E-state index contributed by atoms with van der Waals surface area (Å²) in [5.74, 6) is 0.335. The first kappa shape index (κ1) is 23.5. The van der Waals surface area contributed by atoms with Gasteiger partial charge >= 0.3 is 5.17 Å². The Morgan fingerprint density at radius 2 is 1.72 bits per heavy atom. The molecule has 2 aromatic rings. The maximum Gasteiger partial charge on any atom is 0.329 e. The van der Waals surface area contributed by atoms with Gasteiger partial charge in [-0.05, 0) is 35.2 Å². The summed E-state index contributed by atoms with van der Waals surface area (Å²) in [6, 6.07) is 21.3. The summed E-state index contributed by atoms with van der Waals surface area (Å²) in [5.41, 5.74) is 11.4. The van der Waals surface area contributed by atoms with E-state index in [0.717, 1.165) is 18.3 Å². The van der Waals surface area contributed by atoms with E-state index in [-0.39, 0.29) is 30.9 Å². The Balaban J connectivity index is 0.00000150. The summed E-state index contributed by atoms with van der Waals surface area (Å²) < 4.78 is 2.04. The number of hydrogen-bond acceptors (Lipinski definition) is 2. The molecule has 0 aliphatic carbocycles. The minimum Gasteiger partial charge on any atom is -1.00 e. The van der Waals surface area contributed by atoms with Crippen molar-refractivity contribution in [2.45, 2.75) is 6.04 Å². The van der Waals surface area contributed by atoms with E-state index in [1.54, 1.807) is 11.8 Å². The third kappa shape index (κ3) is 4.86. The molecule has 2 aliphatic heterocycles. The Kier molecular flexibility index (Phi) is 8.34. The molecular formula is C22H26Cl2N4S. The number of nitrogens with two attached hydrogens (primary N) is 1. The fraction of sp³-hybridized carbons (Fsp3) is 0.273. The van der Waals surface area contributed by atoms with Crippen LogP contribution in [0, 0.1) is 5.92 Å². The topological polar surface area (TPSA) is 45.8 Å². The van der Waals surface area contributed by atoms with Crippen LogP contribution >= 0.6 is 11.8 Å². The number of thioether (sulfide) groups is 1. The van der Waals surface area contributed by atoms with Gasteiger partial charge in [0.05, 0.1) is 13.6 Å². The molecule has 154 valence electrons. The van der Waals surface area contributed by atoms with E-state index < -0.39 is 0 Å². The summed E-state index contributed by atoms with van der Waals surface area (Å²) in [5, 5.41) is 5.79. The van der Waals surface area contributed by atoms with Crippen LogP contribution in [0.5, 0.6) is 0 Å². The highest BCUT2D eigenvalue weighted by atomic mass is 35.5. The first-order valence-corrected chi connectivity index (χ1v) is 10.6. The molecule has 0 amide bonds. The van der Waals surface area contributed by atoms with Crippen LogP contribution in [0.3, 0.4) is 0 Å². The zero-order valence-electron chi connectivity index (χ0n) is 16.6. The van der Waals surface area contributed by atoms with E-state index >= 15 is 0 Å². The lowest BCUT2D eigenvalue weighted by atomic mass is 9.83. The predicted octanol–water partition coefficient (Wildman–Crippen LogP) is -3.98. The number of halogens is 2. The van der Waals surface area contributed by atoms with Gasteiger partial charge in [0, 0.05) is 5.57 Å². The Morgan fingerprint density at radius 1 is 1.10 bits per heavy atom. The zero-order chi connectivity index (χ0) is 18.8. The van der Waals surface area contributed by atoms with E-state index in [4.69, 9.17) is 10.8 Å². The normalized spacial score (nSPS) is 26.1. The van der Waals surface area contributed by atoms with Crippen molar-refractivity contribution in [3.05, 3.63) is 77.4 Å². The van der Waals surface area contributed by atoms with Crippen molar-refractivity contribution in [1.29, 1.82) is 0 Å². The van der Waals surface area contributed by atoms with Gasteiger partial charge in [-0.2, -0.15) is 0 Å². The molecule has 29 heavy (non-hydrogen) atoms. The highest BCUT2D eigenvalue weighted by Gasteiger charge is 2.47. The second-order valence-corrected chi connectivity index (χ2v) is 8.08. The van der Waals surface area contributed by atoms with Crippen LogP contribution in [-0.2, 0) is 0 Å². The number of quaternary nitrogens is 1. The number of benzene rings is 2. The van der Waals surface area contributed by atoms with Gasteiger partial charge in [0.25, 0.3) is 0 Å². The molecule has 3 atom stereocenters. The van der Waals surface area contributed by atoms with Gasteiger partial charge in [-0.3, -0.25) is 5.73 Å². The molecule has 7 heteroatoms. The number of fused-ring (bicyclic) bond motifs is 1. The monoisotopic (exact) mass is 448 g/mol. The number of likely N-dealkylation sites (tertiary alicyclic amines) is 1. The standard InChI is InChI=1S/C22H24N4S.2ClH/c1-25-14-18(13-16-9-5-3-6-10-16)20-19(15-25)21(17-11-7-4-8-12-17)26(24-20)22(23)27-2;;/h3-13,19,21,23H,14-15H2,1-2H3;2*1H/b18-13+;;/t19-,21-;;/m1../s1. The fourth-order valence-electron chi connectivity index (χ4n) is 4.13. The van der Waals surface area contributed by atoms with E-state index in [2.05, 4.69) is 73.8 Å². The van der Waals surface area contributed by atoms with Gasteiger partial charge in [0.15, 0.2) is 6.04 Å². The number of likely N-dealkylation sites (N-methyl/N-ethyl adjacent to an activating group) is 1. The number of rotatable bonds is 2. The third-order valence-corrected chi connectivity index (χ3v) is 5.92. The van der Waals surface area contributed by atoms with Crippen LogP contribution in [0.2, 0.25) is 0 Å². The summed E-state index contributed by atoms with van der Waals surface area (Å²) >= 11 is 1.56. The molecule has 4 rings (SSSR count). The maximum atomic E-state index is 6.37. The Hall–Kier alpha value is -1.79. The molecule has 0 aromatic heterocycles. The van der Waals surface area contributed by atoms with E-state index in [0.29, 0.717) is 5.92 Å². The van der Waals surface area contributed by atoms with E-state index in [1.807, 2.05) is 10.9 Å². The molecule has 0 saturated carbocycles. The second-order valence-electron chi connectivity index (χ2n) is 7.25. The largest absolute Gasteiger partial charge is 1.00 e. The fourth-order valence-corrected chi connectivity index (χ4v) is 4.47. The average molecular weight is 449 g/mol. The number of piperidine rings is 1. The predicted molar refractivity (Wildman–Crippen MR) is 114 cm³/mol. The van der Waals surface area contributed by atoms with Crippen molar-refractivity contribution in [2.75, 3.05) is 26.4 Å². The van der Waals surface area contributed by atoms with Crippen molar-refractivity contribution in [3.8, 4) is 0 Å². The summed E-state index contributed by atoms with van der Waals surface area (Å²) in [6.07, 6.45) is 4.30. The minimum atomic E-state index is 0. The molecule has 2 aliphatic rings. The lowest BCUT2D eigenvalue weighted by Gasteiger charge is -2.29. The van der Waals surface area contributed by atoms with E-state index in [9.17, 15) is 0 Å². The van der Waals surface area contributed by atoms with E-state index in [1.165, 1.54) is 27.3 Å². The van der Waals surface area contributed by atoms with Crippen molar-refractivity contribution in [2.24, 2.45) is 16.8 Å². The van der Waals surface area contributed by atoms with Crippen molar-refractivity contribution in [3.63, 3.8) is 0 Å². The highest BCUT2D eigenvalue weighted by Crippen LogP contribution is 2.36. The highest BCUT2D eigenvalue weighted by molar-refractivity contribution is 8.12. The van der Waals surface area contributed by atoms with Gasteiger partial charge in [0.2, 0.25) is 0 Å². The van der Waals surface area contributed by atoms with Crippen LogP contribution in [0.25, 0.3) is 6.08 Å². The second kappa shape index (κ2) is 10.3. The van der Waals surface area contributed by atoms with Crippen LogP contribution in [-0.4, -0.2) is 42.0 Å². The Labute approximate surface area is 189 Å². The number of amidine groups is 1. The first-order chi connectivity index (χ1) is 13.2. The van der Waals surface area contributed by atoms with Crippen LogP contribution in [0.1, 0.15) is 17.2 Å². The smallest absolute Gasteiger partial charge is 0.329 e. The molecule has 4 nitrogen and oxygen atoms in total. The first-order valence-electron chi connectivity index (χ1n) is 9.33. The average Bonchev–Trinajstić information content (AvgIpc) is 3.08. The SMILES string of the molecule is CS/C(N)=[N+]1N=C2/C(=C/c3ccccc3)C[NH+](C)C[C@H]2[C@H]/1c1ccccc1.[Cl-].[Cl-]. The molecule has 0 spiro atoms. The molecule has 1 unspecified atom stereocenters. The van der Waals surface area contributed by atoms with Crippen LogP contribution < -0.4 is 35.4 Å². The molecule has 1 fully saturated rings. The Morgan fingerprint density at radius 3 is 2.34 bits per heavy atom. The number of hydrogen-bond donors (Lipinski definition) is 2. The van der Waals surface area contributed by atoms with Gasteiger partial charge in [-0.1, -0.05) is 65.8 Å².